The molecule has 0 saturated heterocycles. The molecular weight excluding hydrogens is 400 g/mol. The van der Waals surface area contributed by atoms with Crippen LogP contribution in [0.1, 0.15) is 12.5 Å². The first-order chi connectivity index (χ1) is 12.0. The van der Waals surface area contributed by atoms with Crippen molar-refractivity contribution in [3.63, 3.8) is 0 Å². The summed E-state index contributed by atoms with van der Waals surface area (Å²) in [7, 11) is 0. The predicted octanol–water partition coefficient (Wildman–Crippen LogP) is 4.66. The molecule has 0 fully saturated rings. The van der Waals surface area contributed by atoms with Crippen LogP contribution in [-0.2, 0) is 4.79 Å². The van der Waals surface area contributed by atoms with E-state index in [1.54, 1.807) is 0 Å². The molecule has 1 heterocycles. The molecule has 1 aromatic heterocycles. The second-order valence-electron chi connectivity index (χ2n) is 5.56. The normalized spacial score (nSPS) is 12.0. The molecule has 7 heteroatoms. The lowest BCUT2D eigenvalue weighted by atomic mass is 10.2. The number of hydrogen-bond acceptors (Lipinski definition) is 4. The maximum absolute atomic E-state index is 12.3. The summed E-state index contributed by atoms with van der Waals surface area (Å²) < 4.78 is 0.938. The Bertz CT molecular complexity index is 879. The zero-order valence-electron chi connectivity index (χ0n) is 13.8. The molecule has 0 radical (unpaired) electrons. The summed E-state index contributed by atoms with van der Waals surface area (Å²) in [6, 6.07) is 15.5. The number of benzene rings is 2. The quantitative estimate of drug-likeness (QED) is 0.593. The van der Waals surface area contributed by atoms with Crippen molar-refractivity contribution in [2.75, 3.05) is 5.32 Å². The van der Waals surface area contributed by atoms with Gasteiger partial charge in [-0.3, -0.25) is 9.89 Å². The van der Waals surface area contributed by atoms with Gasteiger partial charge in [-0.1, -0.05) is 63.6 Å². The lowest BCUT2D eigenvalue weighted by Crippen LogP contribution is -2.22. The number of carbonyl (C=O) groups is 1. The van der Waals surface area contributed by atoms with E-state index in [2.05, 4.69) is 36.4 Å². The van der Waals surface area contributed by atoms with Gasteiger partial charge < -0.3 is 5.32 Å². The Kier molecular flexibility index (Phi) is 5.55. The van der Waals surface area contributed by atoms with Gasteiger partial charge in [-0.15, -0.1) is 5.10 Å². The largest absolute Gasteiger partial charge is 0.325 e. The molecule has 0 aliphatic heterocycles. The van der Waals surface area contributed by atoms with E-state index in [1.807, 2.05) is 62.4 Å². The first kappa shape index (κ1) is 17.7. The Morgan fingerprint density at radius 3 is 2.64 bits per heavy atom. The molecule has 0 bridgehead atoms. The van der Waals surface area contributed by atoms with E-state index in [0.29, 0.717) is 11.0 Å². The van der Waals surface area contributed by atoms with Crippen molar-refractivity contribution >= 4 is 39.3 Å². The molecule has 2 N–H and O–H groups in total. The second-order valence-corrected chi connectivity index (χ2v) is 7.72. The van der Waals surface area contributed by atoms with E-state index in [1.165, 1.54) is 11.8 Å². The van der Waals surface area contributed by atoms with E-state index in [0.717, 1.165) is 21.3 Å². The van der Waals surface area contributed by atoms with Gasteiger partial charge in [0.05, 0.1) is 5.25 Å². The molecule has 1 amide bonds. The third-order valence-corrected chi connectivity index (χ3v) is 5.22. The maximum atomic E-state index is 12.3. The Hall–Kier alpha value is -2.12. The average molecular weight is 417 g/mol. The molecule has 3 rings (SSSR count). The molecule has 0 spiro atoms. The van der Waals surface area contributed by atoms with Crippen molar-refractivity contribution in [3.8, 4) is 11.4 Å². The average Bonchev–Trinajstić information content (AvgIpc) is 3.05. The third kappa shape index (κ3) is 4.49. The van der Waals surface area contributed by atoms with Crippen molar-refractivity contribution in [1.29, 1.82) is 0 Å². The predicted molar refractivity (Wildman–Crippen MR) is 105 cm³/mol. The molecule has 0 saturated carbocycles. The van der Waals surface area contributed by atoms with Crippen LogP contribution in [0.25, 0.3) is 11.4 Å². The highest BCUT2D eigenvalue weighted by atomic mass is 79.9. The summed E-state index contributed by atoms with van der Waals surface area (Å²) >= 11 is 4.81. The molecular formula is C18H17BrN4OS. The topological polar surface area (TPSA) is 70.7 Å². The molecule has 5 nitrogen and oxygen atoms in total. The second kappa shape index (κ2) is 7.84. The first-order valence-electron chi connectivity index (χ1n) is 7.74. The summed E-state index contributed by atoms with van der Waals surface area (Å²) in [5, 5.41) is 10.2. The van der Waals surface area contributed by atoms with Crippen molar-refractivity contribution in [1.82, 2.24) is 15.2 Å². The minimum atomic E-state index is -0.316. The molecule has 0 aliphatic rings. The molecule has 3 aromatic rings. The number of H-pyrrole nitrogens is 1. The van der Waals surface area contributed by atoms with Gasteiger partial charge in [0.15, 0.2) is 5.82 Å². The number of anilines is 1. The van der Waals surface area contributed by atoms with Gasteiger partial charge >= 0.3 is 0 Å². The van der Waals surface area contributed by atoms with Crippen LogP contribution in [0.2, 0.25) is 0 Å². The SMILES string of the molecule is Cc1ccc(NC(=O)C(C)Sc2n[nH]c(-c3ccccc3Br)n2)cc1. The smallest absolute Gasteiger partial charge is 0.237 e. The van der Waals surface area contributed by atoms with Crippen LogP contribution in [-0.4, -0.2) is 26.3 Å². The van der Waals surface area contributed by atoms with Gasteiger partial charge in [0.25, 0.3) is 0 Å². The van der Waals surface area contributed by atoms with Crippen LogP contribution in [0.4, 0.5) is 5.69 Å². The van der Waals surface area contributed by atoms with Crippen molar-refractivity contribution in [2.24, 2.45) is 0 Å². The van der Waals surface area contributed by atoms with Crippen LogP contribution in [0, 0.1) is 6.92 Å². The molecule has 2 aromatic carbocycles. The molecule has 1 atom stereocenters. The lowest BCUT2D eigenvalue weighted by Gasteiger charge is -2.10. The van der Waals surface area contributed by atoms with Gasteiger partial charge in [-0.25, -0.2) is 4.98 Å². The number of carbonyl (C=O) groups excluding carboxylic acids is 1. The van der Waals surface area contributed by atoms with Crippen molar-refractivity contribution in [2.45, 2.75) is 24.3 Å². The Morgan fingerprint density at radius 1 is 1.20 bits per heavy atom. The number of amides is 1. The first-order valence-corrected chi connectivity index (χ1v) is 9.41. The number of aromatic amines is 1. The summed E-state index contributed by atoms with van der Waals surface area (Å²) in [6.45, 7) is 3.85. The highest BCUT2D eigenvalue weighted by Crippen LogP contribution is 2.27. The fourth-order valence-corrected chi connectivity index (χ4v) is 3.36. The molecule has 128 valence electrons. The minimum Gasteiger partial charge on any atom is -0.325 e. The number of thioether (sulfide) groups is 1. The Balaban J connectivity index is 1.65. The van der Waals surface area contributed by atoms with Crippen molar-refractivity contribution < 1.29 is 4.79 Å². The summed E-state index contributed by atoms with van der Waals surface area (Å²) in [6.07, 6.45) is 0. The number of nitrogens with one attached hydrogen (secondary N) is 2. The fraction of sp³-hybridized carbons (Fsp3) is 0.167. The van der Waals surface area contributed by atoms with Crippen LogP contribution in [0.5, 0.6) is 0 Å². The monoisotopic (exact) mass is 416 g/mol. The highest BCUT2D eigenvalue weighted by molar-refractivity contribution is 9.10. The maximum Gasteiger partial charge on any atom is 0.237 e. The number of halogens is 1. The number of aryl methyl sites for hydroxylation is 1. The third-order valence-electron chi connectivity index (χ3n) is 3.56. The minimum absolute atomic E-state index is 0.0823. The number of rotatable bonds is 5. The van der Waals surface area contributed by atoms with Gasteiger partial charge in [-0.2, -0.15) is 0 Å². The van der Waals surface area contributed by atoms with Crippen LogP contribution >= 0.6 is 27.7 Å². The van der Waals surface area contributed by atoms with E-state index >= 15 is 0 Å². The Morgan fingerprint density at radius 2 is 1.92 bits per heavy atom. The summed E-state index contributed by atoms with van der Waals surface area (Å²) in [5.74, 6) is 0.585. The van der Waals surface area contributed by atoms with E-state index in [-0.39, 0.29) is 11.2 Å². The summed E-state index contributed by atoms with van der Waals surface area (Å²) in [4.78, 5) is 16.8. The zero-order chi connectivity index (χ0) is 17.8. The van der Waals surface area contributed by atoms with Crippen LogP contribution in [0.3, 0.4) is 0 Å². The standard InChI is InChI=1S/C18H17BrN4OS/c1-11-7-9-13(10-8-11)20-17(24)12(2)25-18-21-16(22-23-18)14-5-3-4-6-15(14)19/h3-10,12H,1-2H3,(H,20,24)(H,21,22,23). The van der Waals surface area contributed by atoms with Gasteiger partial charge in [-0.05, 0) is 32.0 Å². The van der Waals surface area contributed by atoms with Crippen molar-refractivity contribution in [3.05, 3.63) is 58.6 Å². The number of nitrogens with zero attached hydrogens (tertiary/aromatic N) is 2. The number of aromatic nitrogens is 3. The highest BCUT2D eigenvalue weighted by Gasteiger charge is 2.18. The lowest BCUT2D eigenvalue weighted by molar-refractivity contribution is -0.115. The van der Waals surface area contributed by atoms with E-state index < -0.39 is 0 Å². The Labute approximate surface area is 158 Å². The molecule has 0 aliphatic carbocycles. The fourth-order valence-electron chi connectivity index (χ4n) is 2.17. The van der Waals surface area contributed by atoms with Gasteiger partial charge in [0, 0.05) is 15.7 Å². The van der Waals surface area contributed by atoms with Crippen LogP contribution < -0.4 is 5.32 Å². The molecule has 25 heavy (non-hydrogen) atoms. The zero-order valence-corrected chi connectivity index (χ0v) is 16.2. The van der Waals surface area contributed by atoms with Crippen LogP contribution in [0.15, 0.2) is 58.2 Å². The number of hydrogen-bond donors (Lipinski definition) is 2. The van der Waals surface area contributed by atoms with E-state index in [4.69, 9.17) is 0 Å². The van der Waals surface area contributed by atoms with E-state index in [9.17, 15) is 4.79 Å². The van der Waals surface area contributed by atoms with Gasteiger partial charge in [0.2, 0.25) is 11.1 Å². The summed E-state index contributed by atoms with van der Waals surface area (Å²) in [5.41, 5.74) is 2.87. The molecule has 1 unspecified atom stereocenters. The van der Waals surface area contributed by atoms with Gasteiger partial charge in [0.1, 0.15) is 0 Å².